The number of hydrogen-bond donors (Lipinski definition) is 1. The Morgan fingerprint density at radius 1 is 0.533 bits per heavy atom. The molecule has 0 fully saturated rings. The molecule has 0 aliphatic heterocycles. The van der Waals surface area contributed by atoms with Crippen LogP contribution in [0, 0.1) is 20.8 Å². The van der Waals surface area contributed by atoms with Gasteiger partial charge in [-0.1, -0.05) is 77.4 Å². The monoisotopic (exact) mass is 399 g/mol. The highest BCUT2D eigenvalue weighted by atomic mass is 14.9. The van der Waals surface area contributed by atoms with Crippen molar-refractivity contribution in [2.45, 2.75) is 73.1 Å². The lowest BCUT2D eigenvalue weighted by Crippen LogP contribution is -2.16. The SMILES string of the molecule is Cc1ccc(-c2cc(Nc3cc(C(C)(C)C)cc(C(C)(C)C)c3)ccc2C)c(C)c1. The summed E-state index contributed by atoms with van der Waals surface area (Å²) in [6.07, 6.45) is 0. The number of hydrogen-bond acceptors (Lipinski definition) is 1. The summed E-state index contributed by atoms with van der Waals surface area (Å²) in [5.41, 5.74) is 11.7. The van der Waals surface area contributed by atoms with Gasteiger partial charge in [0.15, 0.2) is 0 Å². The van der Waals surface area contributed by atoms with E-state index in [4.69, 9.17) is 0 Å². The molecule has 0 heterocycles. The van der Waals surface area contributed by atoms with Crippen LogP contribution >= 0.6 is 0 Å². The standard InChI is InChI=1S/C29H37N/c1-19-10-13-26(21(3)14-19)27-18-24(12-11-20(27)2)30-25-16-22(28(4,5)6)15-23(17-25)29(7,8)9/h10-18,30H,1-9H3. The van der Waals surface area contributed by atoms with E-state index in [-0.39, 0.29) is 10.8 Å². The third-order valence-corrected chi connectivity index (χ3v) is 5.86. The van der Waals surface area contributed by atoms with Crippen LogP contribution in [0.3, 0.4) is 0 Å². The zero-order valence-corrected chi connectivity index (χ0v) is 20.2. The molecule has 0 saturated heterocycles. The summed E-state index contributed by atoms with van der Waals surface area (Å²) in [5.74, 6) is 0. The van der Waals surface area contributed by atoms with E-state index in [1.54, 1.807) is 0 Å². The molecule has 3 rings (SSSR count). The highest BCUT2D eigenvalue weighted by molar-refractivity contribution is 5.76. The van der Waals surface area contributed by atoms with Gasteiger partial charge in [0.2, 0.25) is 0 Å². The van der Waals surface area contributed by atoms with Gasteiger partial charge in [0.25, 0.3) is 0 Å². The van der Waals surface area contributed by atoms with E-state index in [0.29, 0.717) is 0 Å². The summed E-state index contributed by atoms with van der Waals surface area (Å²) in [4.78, 5) is 0. The topological polar surface area (TPSA) is 12.0 Å². The quantitative estimate of drug-likeness (QED) is 0.465. The molecule has 3 aromatic carbocycles. The van der Waals surface area contributed by atoms with Gasteiger partial charge in [-0.15, -0.1) is 0 Å². The molecule has 0 spiro atoms. The van der Waals surface area contributed by atoms with Gasteiger partial charge in [-0.2, -0.15) is 0 Å². The molecule has 0 aliphatic carbocycles. The number of anilines is 2. The number of nitrogens with one attached hydrogen (secondary N) is 1. The van der Waals surface area contributed by atoms with Crippen molar-refractivity contribution in [3.05, 3.63) is 82.4 Å². The molecule has 0 saturated carbocycles. The van der Waals surface area contributed by atoms with Crippen molar-refractivity contribution in [2.75, 3.05) is 5.32 Å². The first-order valence-electron chi connectivity index (χ1n) is 11.0. The molecule has 158 valence electrons. The lowest BCUT2D eigenvalue weighted by molar-refractivity contribution is 0.569. The maximum atomic E-state index is 3.70. The minimum atomic E-state index is 0.106. The van der Waals surface area contributed by atoms with E-state index >= 15 is 0 Å². The molecule has 3 aromatic rings. The van der Waals surface area contributed by atoms with Crippen LogP contribution in [0.5, 0.6) is 0 Å². The van der Waals surface area contributed by atoms with Gasteiger partial charge in [0.05, 0.1) is 0 Å². The fourth-order valence-corrected chi connectivity index (χ4v) is 3.84. The van der Waals surface area contributed by atoms with Gasteiger partial charge >= 0.3 is 0 Å². The lowest BCUT2D eigenvalue weighted by Gasteiger charge is -2.26. The molecule has 30 heavy (non-hydrogen) atoms. The third-order valence-electron chi connectivity index (χ3n) is 5.86. The molecule has 0 atom stereocenters. The van der Waals surface area contributed by atoms with Crippen LogP contribution in [0.2, 0.25) is 0 Å². The van der Waals surface area contributed by atoms with Gasteiger partial charge in [-0.3, -0.25) is 0 Å². The Balaban J connectivity index is 2.05. The van der Waals surface area contributed by atoms with Crippen molar-refractivity contribution in [1.29, 1.82) is 0 Å². The van der Waals surface area contributed by atoms with Crippen LogP contribution in [0.4, 0.5) is 11.4 Å². The van der Waals surface area contributed by atoms with Crippen LogP contribution in [0.15, 0.2) is 54.6 Å². The van der Waals surface area contributed by atoms with Gasteiger partial charge in [0, 0.05) is 11.4 Å². The van der Waals surface area contributed by atoms with Crippen molar-refractivity contribution in [2.24, 2.45) is 0 Å². The van der Waals surface area contributed by atoms with Crippen LogP contribution in [0.1, 0.15) is 69.4 Å². The predicted octanol–water partition coefficient (Wildman–Crippen LogP) is 8.62. The molecule has 1 N–H and O–H groups in total. The molecule has 0 aliphatic rings. The van der Waals surface area contributed by atoms with E-state index in [9.17, 15) is 0 Å². The minimum Gasteiger partial charge on any atom is -0.355 e. The Morgan fingerprint density at radius 2 is 1.13 bits per heavy atom. The maximum Gasteiger partial charge on any atom is 0.0390 e. The van der Waals surface area contributed by atoms with E-state index in [0.717, 1.165) is 11.4 Å². The Kier molecular flexibility index (Phi) is 5.87. The summed E-state index contributed by atoms with van der Waals surface area (Å²) < 4.78 is 0. The first kappa shape index (κ1) is 22.2. The zero-order chi connectivity index (χ0) is 22.3. The first-order chi connectivity index (χ1) is 13.8. The molecule has 1 heteroatoms. The fourth-order valence-electron chi connectivity index (χ4n) is 3.84. The molecule has 1 nitrogen and oxygen atoms in total. The highest BCUT2D eigenvalue weighted by Gasteiger charge is 2.20. The van der Waals surface area contributed by atoms with Gasteiger partial charge < -0.3 is 5.32 Å². The Morgan fingerprint density at radius 3 is 1.67 bits per heavy atom. The molecular weight excluding hydrogens is 362 g/mol. The van der Waals surface area contributed by atoms with E-state index in [2.05, 4.69) is 122 Å². The largest absolute Gasteiger partial charge is 0.355 e. The van der Waals surface area contributed by atoms with Gasteiger partial charge in [0.1, 0.15) is 0 Å². The lowest BCUT2D eigenvalue weighted by atomic mass is 9.80. The fraction of sp³-hybridized carbons (Fsp3) is 0.379. The molecular formula is C29H37N. The van der Waals surface area contributed by atoms with E-state index in [1.807, 2.05) is 0 Å². The highest BCUT2D eigenvalue weighted by Crippen LogP contribution is 2.35. The summed E-state index contributed by atoms with van der Waals surface area (Å²) in [6, 6.07) is 20.3. The van der Waals surface area contributed by atoms with Crippen molar-refractivity contribution in [1.82, 2.24) is 0 Å². The van der Waals surface area contributed by atoms with Crippen LogP contribution in [-0.2, 0) is 10.8 Å². The summed E-state index contributed by atoms with van der Waals surface area (Å²) >= 11 is 0. The zero-order valence-electron chi connectivity index (χ0n) is 20.2. The Bertz CT molecular complexity index is 1030. The van der Waals surface area contributed by atoms with Gasteiger partial charge in [-0.25, -0.2) is 0 Å². The van der Waals surface area contributed by atoms with Gasteiger partial charge in [-0.05, 0) is 89.2 Å². The second-order valence-corrected chi connectivity index (χ2v) is 10.8. The number of rotatable bonds is 3. The minimum absolute atomic E-state index is 0.106. The van der Waals surface area contributed by atoms with E-state index in [1.165, 1.54) is 38.9 Å². The van der Waals surface area contributed by atoms with Crippen LogP contribution < -0.4 is 5.32 Å². The molecule has 0 bridgehead atoms. The normalized spacial score (nSPS) is 12.2. The van der Waals surface area contributed by atoms with Crippen molar-refractivity contribution in [3.63, 3.8) is 0 Å². The molecule has 0 radical (unpaired) electrons. The van der Waals surface area contributed by atoms with Crippen LogP contribution in [0.25, 0.3) is 11.1 Å². The third kappa shape index (κ3) is 4.95. The van der Waals surface area contributed by atoms with Crippen LogP contribution in [-0.4, -0.2) is 0 Å². The van der Waals surface area contributed by atoms with E-state index < -0.39 is 0 Å². The average Bonchev–Trinajstić information content (AvgIpc) is 2.62. The molecule has 0 aromatic heterocycles. The van der Waals surface area contributed by atoms with Crippen molar-refractivity contribution in [3.8, 4) is 11.1 Å². The van der Waals surface area contributed by atoms with Crippen molar-refractivity contribution >= 4 is 11.4 Å². The Hall–Kier alpha value is -2.54. The smallest absolute Gasteiger partial charge is 0.0390 e. The Labute approximate surface area is 183 Å². The second-order valence-electron chi connectivity index (χ2n) is 10.8. The number of benzene rings is 3. The maximum absolute atomic E-state index is 3.70. The van der Waals surface area contributed by atoms with Crippen molar-refractivity contribution < 1.29 is 0 Å². The molecule has 0 unspecified atom stereocenters. The number of aryl methyl sites for hydroxylation is 3. The average molecular weight is 400 g/mol. The molecule has 0 amide bonds. The predicted molar refractivity (Wildman–Crippen MR) is 133 cm³/mol. The second kappa shape index (κ2) is 7.95. The summed E-state index contributed by atoms with van der Waals surface area (Å²) in [6.45, 7) is 20.2. The summed E-state index contributed by atoms with van der Waals surface area (Å²) in [5, 5.41) is 3.70. The first-order valence-corrected chi connectivity index (χ1v) is 11.0. The summed E-state index contributed by atoms with van der Waals surface area (Å²) in [7, 11) is 0.